The Morgan fingerprint density at radius 2 is 2.00 bits per heavy atom. The third-order valence-electron chi connectivity index (χ3n) is 5.03. The van der Waals surface area contributed by atoms with E-state index in [-0.39, 0.29) is 29.4 Å². The summed E-state index contributed by atoms with van der Waals surface area (Å²) in [5, 5.41) is 7.71. The highest BCUT2D eigenvalue weighted by Crippen LogP contribution is 2.34. The number of aliphatic imine (C=N–C) groups is 1. The number of nitrogens with one attached hydrogen (secondary N) is 2. The third kappa shape index (κ3) is 5.23. The summed E-state index contributed by atoms with van der Waals surface area (Å²) in [6.07, 6.45) is 4.26. The maximum atomic E-state index is 6.00. The predicted octanol–water partition coefficient (Wildman–Crippen LogP) is 4.11. The van der Waals surface area contributed by atoms with Crippen molar-refractivity contribution < 1.29 is 4.74 Å². The maximum absolute atomic E-state index is 6.00. The van der Waals surface area contributed by atoms with E-state index in [0.717, 1.165) is 30.4 Å². The summed E-state index contributed by atoms with van der Waals surface area (Å²) in [7, 11) is 0. The Labute approximate surface area is 173 Å². The lowest BCUT2D eigenvalue weighted by molar-refractivity contribution is 0.0992. The molecule has 3 rings (SSSR count). The van der Waals surface area contributed by atoms with Crippen LogP contribution in [-0.2, 0) is 10.2 Å². The van der Waals surface area contributed by atoms with Crippen molar-refractivity contribution in [2.45, 2.75) is 63.7 Å². The van der Waals surface area contributed by atoms with Gasteiger partial charge in [-0.1, -0.05) is 37.6 Å². The SMILES string of the molecule is CCNC(=NCC(C)(C)c1ccc(Cl)cc1)NC1CC2CCC1O2.I. The number of nitrogens with zero attached hydrogens (tertiary/aromatic N) is 1. The van der Waals surface area contributed by atoms with Crippen LogP contribution in [0.1, 0.15) is 45.6 Å². The van der Waals surface area contributed by atoms with Gasteiger partial charge in [0.15, 0.2) is 5.96 Å². The molecule has 1 aromatic carbocycles. The number of guanidine groups is 1. The van der Waals surface area contributed by atoms with Gasteiger partial charge in [-0.2, -0.15) is 0 Å². The molecule has 25 heavy (non-hydrogen) atoms. The Morgan fingerprint density at radius 1 is 1.28 bits per heavy atom. The van der Waals surface area contributed by atoms with Crippen LogP contribution in [0.25, 0.3) is 0 Å². The number of benzene rings is 1. The first-order valence-corrected chi connectivity index (χ1v) is 9.32. The zero-order chi connectivity index (χ0) is 17.2. The monoisotopic (exact) mass is 477 g/mol. The molecule has 0 aromatic heterocycles. The van der Waals surface area contributed by atoms with Crippen LogP contribution in [0, 0.1) is 0 Å². The Balaban J connectivity index is 0.00000225. The van der Waals surface area contributed by atoms with Gasteiger partial charge in [-0.3, -0.25) is 4.99 Å². The van der Waals surface area contributed by atoms with Crippen LogP contribution in [0.2, 0.25) is 5.02 Å². The van der Waals surface area contributed by atoms with Crippen LogP contribution >= 0.6 is 35.6 Å². The second-order valence-electron chi connectivity index (χ2n) is 7.45. The summed E-state index contributed by atoms with van der Waals surface area (Å²) in [5.74, 6) is 0.890. The van der Waals surface area contributed by atoms with Crippen molar-refractivity contribution in [3.8, 4) is 0 Å². The number of rotatable bonds is 5. The molecule has 3 atom stereocenters. The molecule has 2 aliphatic heterocycles. The highest BCUT2D eigenvalue weighted by Gasteiger charge is 2.41. The molecule has 0 aliphatic carbocycles. The molecular weight excluding hydrogens is 449 g/mol. The lowest BCUT2D eigenvalue weighted by Gasteiger charge is -2.26. The van der Waals surface area contributed by atoms with Gasteiger partial charge < -0.3 is 15.4 Å². The largest absolute Gasteiger partial charge is 0.373 e. The minimum atomic E-state index is -0.0435. The fourth-order valence-corrected chi connectivity index (χ4v) is 3.68. The average Bonchev–Trinajstić information content (AvgIpc) is 3.16. The van der Waals surface area contributed by atoms with Gasteiger partial charge in [0.2, 0.25) is 0 Å². The topological polar surface area (TPSA) is 45.7 Å². The van der Waals surface area contributed by atoms with Gasteiger partial charge in [-0.25, -0.2) is 0 Å². The van der Waals surface area contributed by atoms with Gasteiger partial charge in [0.1, 0.15) is 0 Å². The molecule has 0 radical (unpaired) electrons. The van der Waals surface area contributed by atoms with E-state index in [4.69, 9.17) is 21.3 Å². The molecule has 140 valence electrons. The Bertz CT molecular complexity index is 591. The van der Waals surface area contributed by atoms with Crippen molar-refractivity contribution in [3.63, 3.8) is 0 Å². The second kappa shape index (κ2) is 8.91. The molecule has 3 unspecified atom stereocenters. The molecule has 2 saturated heterocycles. The Kier molecular flexibility index (Phi) is 7.40. The van der Waals surface area contributed by atoms with E-state index in [0.29, 0.717) is 24.8 Å². The normalized spacial score (nSPS) is 25.6. The summed E-state index contributed by atoms with van der Waals surface area (Å²) in [6, 6.07) is 8.45. The van der Waals surface area contributed by atoms with E-state index >= 15 is 0 Å². The average molecular weight is 478 g/mol. The van der Waals surface area contributed by atoms with Crippen molar-refractivity contribution in [1.82, 2.24) is 10.6 Å². The molecule has 0 spiro atoms. The highest BCUT2D eigenvalue weighted by molar-refractivity contribution is 14.0. The smallest absolute Gasteiger partial charge is 0.191 e. The van der Waals surface area contributed by atoms with Crippen LogP contribution in [0.4, 0.5) is 0 Å². The van der Waals surface area contributed by atoms with Crippen LogP contribution in [-0.4, -0.2) is 37.3 Å². The molecular formula is C19H29ClIN3O. The summed E-state index contributed by atoms with van der Waals surface area (Å²) < 4.78 is 5.93. The molecule has 1 aromatic rings. The summed E-state index contributed by atoms with van der Waals surface area (Å²) in [5.41, 5.74) is 1.20. The lowest BCUT2D eigenvalue weighted by Crippen LogP contribution is -2.47. The summed E-state index contributed by atoms with van der Waals surface area (Å²) in [6.45, 7) is 8.09. The van der Waals surface area contributed by atoms with Crippen LogP contribution in [0.3, 0.4) is 0 Å². The molecule has 2 bridgehead atoms. The van der Waals surface area contributed by atoms with Gasteiger partial charge in [-0.05, 0) is 43.9 Å². The van der Waals surface area contributed by atoms with E-state index in [2.05, 4.69) is 43.5 Å². The minimum Gasteiger partial charge on any atom is -0.373 e. The zero-order valence-electron chi connectivity index (χ0n) is 15.2. The number of halogens is 2. The minimum absolute atomic E-state index is 0. The van der Waals surface area contributed by atoms with Crippen molar-refractivity contribution in [1.29, 1.82) is 0 Å². The van der Waals surface area contributed by atoms with Crippen molar-refractivity contribution >= 4 is 41.5 Å². The molecule has 0 amide bonds. The Hall–Kier alpha value is -0.530. The molecule has 2 aliphatic rings. The standard InChI is InChI=1S/C19H28ClN3O.HI/c1-4-21-18(23-16-11-15-9-10-17(16)24-15)22-12-19(2,3)13-5-7-14(20)8-6-13;/h5-8,15-17H,4,9-12H2,1-3H3,(H2,21,22,23);1H. The van der Waals surface area contributed by atoms with Crippen molar-refractivity contribution in [3.05, 3.63) is 34.9 Å². The lowest BCUT2D eigenvalue weighted by atomic mass is 9.85. The maximum Gasteiger partial charge on any atom is 0.191 e. The molecule has 4 nitrogen and oxygen atoms in total. The quantitative estimate of drug-likeness (QED) is 0.381. The van der Waals surface area contributed by atoms with Crippen molar-refractivity contribution in [2.75, 3.05) is 13.1 Å². The predicted molar refractivity (Wildman–Crippen MR) is 115 cm³/mol. The fourth-order valence-electron chi connectivity index (χ4n) is 3.55. The van der Waals surface area contributed by atoms with Crippen LogP contribution < -0.4 is 10.6 Å². The van der Waals surface area contributed by atoms with Gasteiger partial charge >= 0.3 is 0 Å². The van der Waals surface area contributed by atoms with E-state index in [9.17, 15) is 0 Å². The summed E-state index contributed by atoms with van der Waals surface area (Å²) >= 11 is 6.00. The number of hydrogen-bond donors (Lipinski definition) is 2. The first-order valence-electron chi connectivity index (χ1n) is 8.94. The van der Waals surface area contributed by atoms with Gasteiger partial charge in [0, 0.05) is 17.0 Å². The van der Waals surface area contributed by atoms with E-state index in [1.807, 2.05) is 12.1 Å². The van der Waals surface area contributed by atoms with Gasteiger partial charge in [-0.15, -0.1) is 24.0 Å². The van der Waals surface area contributed by atoms with Crippen LogP contribution in [0.5, 0.6) is 0 Å². The van der Waals surface area contributed by atoms with E-state index < -0.39 is 0 Å². The van der Waals surface area contributed by atoms with E-state index in [1.54, 1.807) is 0 Å². The zero-order valence-corrected chi connectivity index (χ0v) is 18.3. The fraction of sp³-hybridized carbons (Fsp3) is 0.632. The Morgan fingerprint density at radius 3 is 2.56 bits per heavy atom. The third-order valence-corrected chi connectivity index (χ3v) is 5.28. The molecule has 2 fully saturated rings. The first-order chi connectivity index (χ1) is 11.5. The first kappa shape index (κ1) is 20.8. The van der Waals surface area contributed by atoms with E-state index in [1.165, 1.54) is 12.0 Å². The van der Waals surface area contributed by atoms with Gasteiger partial charge in [0.05, 0.1) is 24.8 Å². The number of hydrogen-bond acceptors (Lipinski definition) is 2. The molecule has 2 N–H and O–H groups in total. The highest BCUT2D eigenvalue weighted by atomic mass is 127. The molecule has 6 heteroatoms. The van der Waals surface area contributed by atoms with Crippen LogP contribution in [0.15, 0.2) is 29.3 Å². The van der Waals surface area contributed by atoms with Gasteiger partial charge in [0.25, 0.3) is 0 Å². The van der Waals surface area contributed by atoms with Crippen molar-refractivity contribution in [2.24, 2.45) is 4.99 Å². The molecule has 2 heterocycles. The number of fused-ring (bicyclic) bond motifs is 2. The molecule has 0 saturated carbocycles. The second-order valence-corrected chi connectivity index (χ2v) is 7.88. The summed E-state index contributed by atoms with van der Waals surface area (Å²) in [4.78, 5) is 4.84. The number of ether oxygens (including phenoxy) is 1.